The highest BCUT2D eigenvalue weighted by Gasteiger charge is 2.20. The van der Waals surface area contributed by atoms with Crippen LogP contribution in [0.25, 0.3) is 0 Å². The molecule has 0 heterocycles. The molecule has 1 aliphatic rings. The number of aryl methyl sites for hydroxylation is 1. The zero-order valence-corrected chi connectivity index (χ0v) is 13.6. The molecule has 1 N–H and O–H groups in total. The average molecular weight is 327 g/mol. The van der Waals surface area contributed by atoms with Crippen LogP contribution in [-0.2, 0) is 11.2 Å². The Bertz CT molecular complexity index is 702. The van der Waals surface area contributed by atoms with Crippen molar-refractivity contribution < 1.29 is 13.9 Å². The van der Waals surface area contributed by atoms with Gasteiger partial charge in [-0.25, -0.2) is 4.39 Å². The number of hydrogen-bond acceptors (Lipinski definition) is 2. The van der Waals surface area contributed by atoms with Gasteiger partial charge in [0.1, 0.15) is 0 Å². The predicted molar refractivity (Wildman–Crippen MR) is 91.6 cm³/mol. The average Bonchev–Trinajstić information content (AvgIpc) is 2.61. The zero-order chi connectivity index (χ0) is 16.8. The molecule has 126 valence electrons. The SMILES string of the molecule is O=C(CCOc1ccccc1F)NCC1CCCc2ccccc21. The number of nitrogens with one attached hydrogen (secondary N) is 1. The summed E-state index contributed by atoms with van der Waals surface area (Å²) in [5.41, 5.74) is 2.75. The van der Waals surface area contributed by atoms with Crippen molar-refractivity contribution in [2.45, 2.75) is 31.6 Å². The van der Waals surface area contributed by atoms with E-state index in [0.29, 0.717) is 12.5 Å². The molecule has 0 spiro atoms. The van der Waals surface area contributed by atoms with Gasteiger partial charge in [-0.1, -0.05) is 36.4 Å². The van der Waals surface area contributed by atoms with E-state index < -0.39 is 5.82 Å². The van der Waals surface area contributed by atoms with E-state index in [1.807, 2.05) is 0 Å². The highest BCUT2D eigenvalue weighted by molar-refractivity contribution is 5.76. The number of ether oxygens (including phenoxy) is 1. The van der Waals surface area contributed by atoms with Crippen LogP contribution in [0.15, 0.2) is 48.5 Å². The van der Waals surface area contributed by atoms with Crippen molar-refractivity contribution in [3.05, 3.63) is 65.5 Å². The molecule has 1 unspecified atom stereocenters. The number of amides is 1. The molecule has 0 fully saturated rings. The standard InChI is InChI=1S/C20H22FNO2/c21-18-10-3-4-11-19(18)24-13-12-20(23)22-14-16-8-5-7-15-6-1-2-9-17(15)16/h1-4,6,9-11,16H,5,7-8,12-14H2,(H,22,23). The van der Waals surface area contributed by atoms with Gasteiger partial charge in [0.2, 0.25) is 5.91 Å². The van der Waals surface area contributed by atoms with Crippen LogP contribution in [0.1, 0.15) is 36.3 Å². The third kappa shape index (κ3) is 4.13. The minimum Gasteiger partial charge on any atom is -0.490 e. The Morgan fingerprint density at radius 1 is 1.17 bits per heavy atom. The molecule has 2 aromatic rings. The summed E-state index contributed by atoms with van der Waals surface area (Å²) >= 11 is 0. The van der Waals surface area contributed by atoms with Gasteiger partial charge < -0.3 is 10.1 Å². The lowest BCUT2D eigenvalue weighted by atomic mass is 9.83. The van der Waals surface area contributed by atoms with Crippen molar-refractivity contribution in [1.82, 2.24) is 5.32 Å². The molecule has 1 atom stereocenters. The molecule has 4 heteroatoms. The fraction of sp³-hybridized carbons (Fsp3) is 0.350. The molecule has 0 bridgehead atoms. The van der Waals surface area contributed by atoms with Crippen LogP contribution < -0.4 is 10.1 Å². The van der Waals surface area contributed by atoms with Crippen LogP contribution in [0.5, 0.6) is 5.75 Å². The molecule has 1 aliphatic carbocycles. The lowest BCUT2D eigenvalue weighted by molar-refractivity contribution is -0.121. The number of carbonyl (C=O) groups excluding carboxylic acids is 1. The summed E-state index contributed by atoms with van der Waals surface area (Å²) in [6, 6.07) is 14.7. The lowest BCUT2D eigenvalue weighted by Crippen LogP contribution is -2.30. The van der Waals surface area contributed by atoms with Crippen LogP contribution in [-0.4, -0.2) is 19.1 Å². The molecule has 24 heavy (non-hydrogen) atoms. The molecule has 0 aliphatic heterocycles. The number of fused-ring (bicyclic) bond motifs is 1. The predicted octanol–water partition coefficient (Wildman–Crippen LogP) is 3.83. The third-order valence-electron chi connectivity index (χ3n) is 4.46. The molecule has 3 rings (SSSR count). The van der Waals surface area contributed by atoms with E-state index in [0.717, 1.165) is 19.3 Å². The highest BCUT2D eigenvalue weighted by atomic mass is 19.1. The maximum Gasteiger partial charge on any atom is 0.223 e. The first kappa shape index (κ1) is 16.5. The summed E-state index contributed by atoms with van der Waals surface area (Å²) in [6.45, 7) is 0.823. The van der Waals surface area contributed by atoms with Crippen LogP contribution in [0.4, 0.5) is 4.39 Å². The Kier molecular flexibility index (Phi) is 5.47. The fourth-order valence-electron chi connectivity index (χ4n) is 3.21. The van der Waals surface area contributed by atoms with Gasteiger partial charge in [-0.3, -0.25) is 4.79 Å². The number of rotatable bonds is 6. The number of para-hydroxylation sites is 1. The highest BCUT2D eigenvalue weighted by Crippen LogP contribution is 2.30. The Morgan fingerprint density at radius 3 is 2.83 bits per heavy atom. The smallest absolute Gasteiger partial charge is 0.223 e. The molecule has 0 radical (unpaired) electrons. The van der Waals surface area contributed by atoms with Gasteiger partial charge in [0, 0.05) is 12.5 Å². The van der Waals surface area contributed by atoms with E-state index in [-0.39, 0.29) is 24.7 Å². The van der Waals surface area contributed by atoms with Crippen molar-refractivity contribution in [1.29, 1.82) is 0 Å². The first-order valence-electron chi connectivity index (χ1n) is 8.46. The second-order valence-corrected chi connectivity index (χ2v) is 6.12. The van der Waals surface area contributed by atoms with E-state index in [9.17, 15) is 9.18 Å². The second kappa shape index (κ2) is 7.95. The Morgan fingerprint density at radius 2 is 1.96 bits per heavy atom. The molecule has 1 amide bonds. The maximum absolute atomic E-state index is 13.4. The first-order valence-corrected chi connectivity index (χ1v) is 8.46. The van der Waals surface area contributed by atoms with E-state index >= 15 is 0 Å². The van der Waals surface area contributed by atoms with Crippen molar-refractivity contribution >= 4 is 5.91 Å². The Labute approximate surface area is 141 Å². The molecular weight excluding hydrogens is 305 g/mol. The zero-order valence-electron chi connectivity index (χ0n) is 13.6. The summed E-state index contributed by atoms with van der Waals surface area (Å²) in [5.74, 6) is 0.101. The molecule has 0 saturated heterocycles. The summed E-state index contributed by atoms with van der Waals surface area (Å²) in [4.78, 5) is 12.0. The summed E-state index contributed by atoms with van der Waals surface area (Å²) < 4.78 is 18.7. The van der Waals surface area contributed by atoms with Gasteiger partial charge in [-0.15, -0.1) is 0 Å². The van der Waals surface area contributed by atoms with Gasteiger partial charge in [0.05, 0.1) is 13.0 Å². The van der Waals surface area contributed by atoms with E-state index in [1.54, 1.807) is 18.2 Å². The third-order valence-corrected chi connectivity index (χ3v) is 4.46. The summed E-state index contributed by atoms with van der Waals surface area (Å²) in [5, 5.41) is 2.98. The quantitative estimate of drug-likeness (QED) is 0.875. The van der Waals surface area contributed by atoms with Gasteiger partial charge in [0.25, 0.3) is 0 Å². The monoisotopic (exact) mass is 327 g/mol. The van der Waals surface area contributed by atoms with Gasteiger partial charge in [-0.2, -0.15) is 0 Å². The van der Waals surface area contributed by atoms with Crippen molar-refractivity contribution in [3.8, 4) is 5.75 Å². The van der Waals surface area contributed by atoms with Gasteiger partial charge in [-0.05, 0) is 42.5 Å². The lowest BCUT2D eigenvalue weighted by Gasteiger charge is -2.25. The van der Waals surface area contributed by atoms with Gasteiger partial charge in [0.15, 0.2) is 11.6 Å². The van der Waals surface area contributed by atoms with E-state index in [2.05, 4.69) is 29.6 Å². The Balaban J connectivity index is 1.44. The molecule has 3 nitrogen and oxygen atoms in total. The number of carbonyl (C=O) groups is 1. The Hall–Kier alpha value is -2.36. The minimum absolute atomic E-state index is 0.0607. The van der Waals surface area contributed by atoms with Crippen LogP contribution in [0.2, 0.25) is 0 Å². The van der Waals surface area contributed by atoms with Crippen LogP contribution in [0, 0.1) is 5.82 Å². The summed E-state index contributed by atoms with van der Waals surface area (Å²) in [6.07, 6.45) is 3.61. The van der Waals surface area contributed by atoms with Crippen LogP contribution >= 0.6 is 0 Å². The minimum atomic E-state index is -0.406. The molecule has 0 saturated carbocycles. The normalized spacial score (nSPS) is 16.3. The number of hydrogen-bond donors (Lipinski definition) is 1. The molecule has 0 aromatic heterocycles. The van der Waals surface area contributed by atoms with Crippen molar-refractivity contribution in [2.24, 2.45) is 0 Å². The van der Waals surface area contributed by atoms with Crippen LogP contribution in [0.3, 0.4) is 0 Å². The first-order chi connectivity index (χ1) is 11.7. The van der Waals surface area contributed by atoms with Crippen molar-refractivity contribution in [2.75, 3.05) is 13.2 Å². The van der Waals surface area contributed by atoms with E-state index in [4.69, 9.17) is 4.74 Å². The number of benzene rings is 2. The van der Waals surface area contributed by atoms with Gasteiger partial charge >= 0.3 is 0 Å². The van der Waals surface area contributed by atoms with E-state index in [1.165, 1.54) is 17.2 Å². The molecule has 2 aromatic carbocycles. The fourth-order valence-corrected chi connectivity index (χ4v) is 3.21. The molecular formula is C20H22FNO2. The topological polar surface area (TPSA) is 38.3 Å². The summed E-state index contributed by atoms with van der Waals surface area (Å²) in [7, 11) is 0. The number of halogens is 1. The second-order valence-electron chi connectivity index (χ2n) is 6.12. The largest absolute Gasteiger partial charge is 0.490 e. The maximum atomic E-state index is 13.4. The van der Waals surface area contributed by atoms with Crippen molar-refractivity contribution in [3.63, 3.8) is 0 Å².